The number of benzene rings is 1. The van der Waals surface area contributed by atoms with E-state index in [2.05, 4.69) is 14.9 Å². The van der Waals surface area contributed by atoms with Crippen molar-refractivity contribution < 1.29 is 23.7 Å². The molecule has 9 nitrogen and oxygen atoms in total. The summed E-state index contributed by atoms with van der Waals surface area (Å²) >= 11 is 0. The minimum atomic E-state index is -0.189. The largest absolute Gasteiger partial charge is 0.493 e. The summed E-state index contributed by atoms with van der Waals surface area (Å²) in [5.74, 6) is 1.92. The zero-order chi connectivity index (χ0) is 22.2. The Labute approximate surface area is 185 Å². The van der Waals surface area contributed by atoms with Gasteiger partial charge in [0.05, 0.1) is 51.0 Å². The molecule has 3 aromatic rings. The van der Waals surface area contributed by atoms with Crippen molar-refractivity contribution in [1.82, 2.24) is 19.9 Å². The van der Waals surface area contributed by atoms with Crippen molar-refractivity contribution in [2.45, 2.75) is 25.5 Å². The number of nitrogens with zero attached hydrogens (tertiary/aromatic N) is 3. The third-order valence-corrected chi connectivity index (χ3v) is 6.18. The van der Waals surface area contributed by atoms with Gasteiger partial charge in [-0.05, 0) is 31.2 Å². The fourth-order valence-corrected chi connectivity index (χ4v) is 4.14. The first-order valence-corrected chi connectivity index (χ1v) is 10.7. The second kappa shape index (κ2) is 8.31. The van der Waals surface area contributed by atoms with Crippen molar-refractivity contribution in [3.8, 4) is 28.6 Å². The maximum absolute atomic E-state index is 11.7. The smallest absolute Gasteiger partial charge is 0.241 e. The molecule has 0 unspecified atom stereocenters. The van der Waals surface area contributed by atoms with E-state index in [0.29, 0.717) is 43.6 Å². The van der Waals surface area contributed by atoms with Crippen LogP contribution < -0.4 is 19.5 Å². The van der Waals surface area contributed by atoms with Crippen molar-refractivity contribution in [2.75, 3.05) is 34.0 Å². The maximum Gasteiger partial charge on any atom is 0.241 e. The molecule has 5 rings (SSSR count). The number of ether oxygens (including phenoxy) is 4. The van der Waals surface area contributed by atoms with Crippen LogP contribution in [0.25, 0.3) is 22.3 Å². The fraction of sp³-hybridized carbons (Fsp3) is 0.435. The Bertz CT molecular complexity index is 1160. The van der Waals surface area contributed by atoms with Gasteiger partial charge in [0.15, 0.2) is 11.5 Å². The molecule has 1 aromatic carbocycles. The summed E-state index contributed by atoms with van der Waals surface area (Å²) in [5, 5.41) is 2.88. The molecule has 0 aliphatic carbocycles. The number of hydrogen-bond acceptors (Lipinski definition) is 7. The van der Waals surface area contributed by atoms with Gasteiger partial charge in [0, 0.05) is 24.4 Å². The van der Waals surface area contributed by atoms with Crippen LogP contribution in [-0.2, 0) is 9.53 Å². The highest BCUT2D eigenvalue weighted by molar-refractivity contribution is 5.85. The quantitative estimate of drug-likeness (QED) is 0.606. The Kier molecular flexibility index (Phi) is 5.34. The highest BCUT2D eigenvalue weighted by atomic mass is 16.5. The number of amides is 1. The lowest BCUT2D eigenvalue weighted by Gasteiger charge is -2.28. The molecule has 1 amide bonds. The van der Waals surface area contributed by atoms with Crippen LogP contribution in [0.1, 0.15) is 19.4 Å². The third-order valence-electron chi connectivity index (χ3n) is 6.18. The molecule has 2 aliphatic rings. The molecule has 4 heterocycles. The van der Waals surface area contributed by atoms with Crippen LogP contribution in [0.4, 0.5) is 0 Å². The van der Waals surface area contributed by atoms with Gasteiger partial charge in [0.25, 0.3) is 0 Å². The average Bonchev–Trinajstić information content (AvgIpc) is 3.38. The summed E-state index contributed by atoms with van der Waals surface area (Å²) in [7, 11) is 3.21. The van der Waals surface area contributed by atoms with E-state index in [0.717, 1.165) is 22.3 Å². The monoisotopic (exact) mass is 438 g/mol. The first-order valence-electron chi connectivity index (χ1n) is 10.7. The number of carbonyl (C=O) groups excluding carboxylic acids is 1. The number of carbonyl (C=O) groups is 1. The van der Waals surface area contributed by atoms with Crippen molar-refractivity contribution in [3.05, 3.63) is 30.6 Å². The minimum Gasteiger partial charge on any atom is -0.493 e. The fourth-order valence-electron chi connectivity index (χ4n) is 4.14. The zero-order valence-corrected chi connectivity index (χ0v) is 18.3. The summed E-state index contributed by atoms with van der Waals surface area (Å²) in [6.45, 7) is 3.86. The SMILES string of the molecule is COc1ccc(-c2cc3ncn(C4COC4)c3c(O[C@H](C)[C@H]3CNC(=O)C3)n2)cc1OC. The van der Waals surface area contributed by atoms with E-state index in [-0.39, 0.29) is 24.0 Å². The molecule has 2 aromatic heterocycles. The molecule has 2 saturated heterocycles. The van der Waals surface area contributed by atoms with Crippen molar-refractivity contribution in [3.63, 3.8) is 0 Å². The summed E-state index contributed by atoms with van der Waals surface area (Å²) in [6, 6.07) is 7.82. The minimum absolute atomic E-state index is 0.0549. The van der Waals surface area contributed by atoms with Gasteiger partial charge in [-0.3, -0.25) is 4.79 Å². The molecule has 0 bridgehead atoms. The van der Waals surface area contributed by atoms with E-state index in [4.69, 9.17) is 23.9 Å². The lowest BCUT2D eigenvalue weighted by Crippen LogP contribution is -2.30. The Morgan fingerprint density at radius 3 is 2.66 bits per heavy atom. The predicted molar refractivity (Wildman–Crippen MR) is 117 cm³/mol. The first-order chi connectivity index (χ1) is 15.6. The molecule has 2 fully saturated rings. The molecule has 9 heteroatoms. The Morgan fingerprint density at radius 1 is 1.19 bits per heavy atom. The van der Waals surface area contributed by atoms with E-state index in [1.807, 2.05) is 37.5 Å². The Morgan fingerprint density at radius 2 is 2.00 bits per heavy atom. The van der Waals surface area contributed by atoms with Crippen LogP contribution in [0, 0.1) is 5.92 Å². The topological polar surface area (TPSA) is 96.7 Å². The summed E-state index contributed by atoms with van der Waals surface area (Å²) in [4.78, 5) is 21.2. The normalized spacial score (nSPS) is 19.5. The molecular formula is C23H26N4O5. The molecule has 0 saturated carbocycles. The number of imidazole rings is 1. The lowest BCUT2D eigenvalue weighted by atomic mass is 10.0. The molecule has 2 atom stereocenters. The number of hydrogen-bond donors (Lipinski definition) is 1. The second-order valence-corrected chi connectivity index (χ2v) is 8.18. The number of pyridine rings is 1. The summed E-state index contributed by atoms with van der Waals surface area (Å²) in [5.41, 5.74) is 3.21. The van der Waals surface area contributed by atoms with E-state index < -0.39 is 0 Å². The van der Waals surface area contributed by atoms with E-state index in [1.165, 1.54) is 0 Å². The zero-order valence-electron chi connectivity index (χ0n) is 18.3. The second-order valence-electron chi connectivity index (χ2n) is 8.18. The van der Waals surface area contributed by atoms with Gasteiger partial charge in [0.2, 0.25) is 11.8 Å². The summed E-state index contributed by atoms with van der Waals surface area (Å²) in [6.07, 6.45) is 2.08. The highest BCUT2D eigenvalue weighted by Gasteiger charge is 2.30. The molecule has 168 valence electrons. The molecular weight excluding hydrogens is 412 g/mol. The standard InChI is InChI=1S/C23H26N4O5/c1-13(15-7-21(28)24-9-15)32-23-22-18(25-12-27(22)16-10-31-11-16)8-17(26-23)14-4-5-19(29-2)20(6-14)30-3/h4-6,8,12-13,15-16H,7,9-11H2,1-3H3,(H,24,28)/t13-,15-/m1/s1. The van der Waals surface area contributed by atoms with Crippen LogP contribution in [0.2, 0.25) is 0 Å². The van der Waals surface area contributed by atoms with Crippen LogP contribution in [0.3, 0.4) is 0 Å². The van der Waals surface area contributed by atoms with Crippen LogP contribution in [0.15, 0.2) is 30.6 Å². The molecule has 0 spiro atoms. The maximum atomic E-state index is 11.7. The van der Waals surface area contributed by atoms with E-state index in [1.54, 1.807) is 14.2 Å². The Hall–Kier alpha value is -3.33. The van der Waals surface area contributed by atoms with Gasteiger partial charge in [0.1, 0.15) is 11.6 Å². The van der Waals surface area contributed by atoms with E-state index in [9.17, 15) is 4.79 Å². The summed E-state index contributed by atoms with van der Waals surface area (Å²) < 4.78 is 24.7. The number of nitrogens with one attached hydrogen (secondary N) is 1. The molecule has 1 N–H and O–H groups in total. The van der Waals surface area contributed by atoms with E-state index >= 15 is 0 Å². The van der Waals surface area contributed by atoms with Crippen LogP contribution in [-0.4, -0.2) is 60.5 Å². The molecule has 2 aliphatic heterocycles. The van der Waals surface area contributed by atoms with Crippen LogP contribution >= 0.6 is 0 Å². The van der Waals surface area contributed by atoms with Gasteiger partial charge in [-0.2, -0.15) is 0 Å². The number of methoxy groups -OCH3 is 2. The third kappa shape index (κ3) is 3.62. The Balaban J connectivity index is 1.57. The van der Waals surface area contributed by atoms with Gasteiger partial charge < -0.3 is 28.8 Å². The van der Waals surface area contributed by atoms with Crippen LogP contribution in [0.5, 0.6) is 17.4 Å². The van der Waals surface area contributed by atoms with Gasteiger partial charge in [-0.1, -0.05) is 0 Å². The first kappa shape index (κ1) is 20.6. The van der Waals surface area contributed by atoms with Crippen molar-refractivity contribution >= 4 is 16.9 Å². The van der Waals surface area contributed by atoms with Crippen molar-refractivity contribution in [1.29, 1.82) is 0 Å². The molecule has 32 heavy (non-hydrogen) atoms. The van der Waals surface area contributed by atoms with Gasteiger partial charge in [-0.25, -0.2) is 9.97 Å². The number of aromatic nitrogens is 3. The highest BCUT2D eigenvalue weighted by Crippen LogP contribution is 2.36. The van der Waals surface area contributed by atoms with Gasteiger partial charge in [-0.15, -0.1) is 0 Å². The average molecular weight is 438 g/mol. The predicted octanol–water partition coefficient (Wildman–Crippen LogP) is 2.59. The molecule has 0 radical (unpaired) electrons. The van der Waals surface area contributed by atoms with Crippen molar-refractivity contribution in [2.24, 2.45) is 5.92 Å². The number of rotatable bonds is 7. The lowest BCUT2D eigenvalue weighted by molar-refractivity contribution is -0.119. The van der Waals surface area contributed by atoms with Gasteiger partial charge >= 0.3 is 0 Å². The number of fused-ring (bicyclic) bond motifs is 1.